The molecule has 3 aromatic rings. The second-order valence-corrected chi connectivity index (χ2v) is 5.07. The molecule has 0 aliphatic rings. The first-order valence-electron chi connectivity index (χ1n) is 7.48. The van der Waals surface area contributed by atoms with Crippen molar-refractivity contribution in [3.63, 3.8) is 0 Å². The lowest BCUT2D eigenvalue weighted by Crippen LogP contribution is -2.19. The molecule has 4 N–H and O–H groups in total. The maximum Gasteiger partial charge on any atom is 0.150 e. The molecule has 0 saturated carbocycles. The highest BCUT2D eigenvalue weighted by atomic mass is 14.9. The van der Waals surface area contributed by atoms with Gasteiger partial charge in [-0.15, -0.1) is 0 Å². The third-order valence-electron chi connectivity index (χ3n) is 3.29. The Bertz CT molecular complexity index is 800. The number of nitrogens with two attached hydrogens (primary N) is 2. The largest absolute Gasteiger partial charge is 0.382 e. The van der Waals surface area contributed by atoms with Crippen LogP contribution in [0.25, 0.3) is 0 Å². The second-order valence-electron chi connectivity index (χ2n) is 5.07. The molecular formula is C19H17N5. The van der Waals surface area contributed by atoms with E-state index in [-0.39, 0.29) is 0 Å². The van der Waals surface area contributed by atoms with Crippen LogP contribution in [0.3, 0.4) is 0 Å². The minimum atomic E-state index is 0.329. The van der Waals surface area contributed by atoms with Gasteiger partial charge in [-0.3, -0.25) is 0 Å². The highest BCUT2D eigenvalue weighted by Crippen LogP contribution is 2.13. The summed E-state index contributed by atoms with van der Waals surface area (Å²) in [7, 11) is 0. The quantitative estimate of drug-likeness (QED) is 0.572. The van der Waals surface area contributed by atoms with E-state index in [1.807, 2.05) is 66.7 Å². The van der Waals surface area contributed by atoms with Gasteiger partial charge in [-0.25, -0.2) is 15.0 Å². The standard InChI is InChI=1S/C19H17N5/c20-18(22-14-8-3-1-4-9-14)16-12-7-13-17(24-16)19(21)23-15-10-5-2-6-11-15/h1-13H,(H2,20,22)(H2,21,23). The number of aromatic nitrogens is 1. The lowest BCUT2D eigenvalue weighted by molar-refractivity contribution is 1.23. The Morgan fingerprint density at radius 3 is 1.42 bits per heavy atom. The summed E-state index contributed by atoms with van der Waals surface area (Å²) in [5.41, 5.74) is 14.8. The number of pyridine rings is 1. The number of hydrogen-bond donors (Lipinski definition) is 2. The average molecular weight is 315 g/mol. The summed E-state index contributed by atoms with van der Waals surface area (Å²) < 4.78 is 0. The SMILES string of the molecule is NC(=Nc1ccccc1)c1cccc(C(N)=Nc2ccccc2)n1. The Morgan fingerprint density at radius 1 is 0.583 bits per heavy atom. The van der Waals surface area contributed by atoms with E-state index in [0.29, 0.717) is 23.1 Å². The van der Waals surface area contributed by atoms with Gasteiger partial charge >= 0.3 is 0 Å². The molecular weight excluding hydrogens is 298 g/mol. The zero-order valence-corrected chi connectivity index (χ0v) is 13.0. The van der Waals surface area contributed by atoms with Gasteiger partial charge in [-0.2, -0.15) is 0 Å². The number of rotatable bonds is 4. The molecule has 3 rings (SSSR count). The molecule has 5 nitrogen and oxygen atoms in total. The van der Waals surface area contributed by atoms with Gasteiger partial charge in [0, 0.05) is 0 Å². The van der Waals surface area contributed by atoms with Crippen LogP contribution in [0.15, 0.2) is 88.8 Å². The van der Waals surface area contributed by atoms with Crippen molar-refractivity contribution in [2.45, 2.75) is 0 Å². The van der Waals surface area contributed by atoms with Gasteiger partial charge in [-0.1, -0.05) is 42.5 Å². The van der Waals surface area contributed by atoms with Crippen LogP contribution in [-0.4, -0.2) is 16.7 Å². The van der Waals surface area contributed by atoms with E-state index >= 15 is 0 Å². The van der Waals surface area contributed by atoms with Crippen molar-refractivity contribution in [1.29, 1.82) is 0 Å². The first kappa shape index (κ1) is 15.4. The van der Waals surface area contributed by atoms with E-state index in [0.717, 1.165) is 11.4 Å². The molecule has 1 heterocycles. The Labute approximate surface area is 140 Å². The van der Waals surface area contributed by atoms with Gasteiger partial charge in [0.1, 0.15) is 23.1 Å². The molecule has 0 amide bonds. The van der Waals surface area contributed by atoms with E-state index in [1.54, 1.807) is 12.1 Å². The van der Waals surface area contributed by atoms with E-state index in [1.165, 1.54) is 0 Å². The minimum Gasteiger partial charge on any atom is -0.382 e. The Hall–Kier alpha value is -3.47. The Kier molecular flexibility index (Phi) is 4.62. The summed E-state index contributed by atoms with van der Waals surface area (Å²) in [4.78, 5) is 13.2. The molecule has 0 radical (unpaired) electrons. The van der Waals surface area contributed by atoms with Gasteiger partial charge < -0.3 is 11.5 Å². The van der Waals surface area contributed by atoms with Crippen molar-refractivity contribution in [2.24, 2.45) is 21.5 Å². The van der Waals surface area contributed by atoms with Crippen molar-refractivity contribution < 1.29 is 0 Å². The van der Waals surface area contributed by atoms with Crippen molar-refractivity contribution in [2.75, 3.05) is 0 Å². The van der Waals surface area contributed by atoms with Crippen molar-refractivity contribution >= 4 is 23.0 Å². The molecule has 0 unspecified atom stereocenters. The highest BCUT2D eigenvalue weighted by Gasteiger charge is 2.05. The molecule has 0 aliphatic heterocycles. The van der Waals surface area contributed by atoms with Crippen LogP contribution < -0.4 is 11.5 Å². The molecule has 118 valence electrons. The summed E-state index contributed by atoms with van der Waals surface area (Å²) in [5, 5.41) is 0. The fraction of sp³-hybridized carbons (Fsp3) is 0. The fourth-order valence-electron chi connectivity index (χ4n) is 2.12. The van der Waals surface area contributed by atoms with E-state index in [9.17, 15) is 0 Å². The van der Waals surface area contributed by atoms with Crippen LogP contribution in [0.4, 0.5) is 11.4 Å². The van der Waals surface area contributed by atoms with Crippen LogP contribution >= 0.6 is 0 Å². The Morgan fingerprint density at radius 2 is 1.00 bits per heavy atom. The van der Waals surface area contributed by atoms with E-state index < -0.39 is 0 Å². The van der Waals surface area contributed by atoms with Crippen molar-refractivity contribution in [3.8, 4) is 0 Å². The molecule has 0 spiro atoms. The molecule has 5 heteroatoms. The fourth-order valence-corrected chi connectivity index (χ4v) is 2.12. The van der Waals surface area contributed by atoms with Gasteiger partial charge in [0.25, 0.3) is 0 Å². The van der Waals surface area contributed by atoms with Crippen LogP contribution in [-0.2, 0) is 0 Å². The molecule has 0 aliphatic carbocycles. The lowest BCUT2D eigenvalue weighted by Gasteiger charge is -2.04. The first-order valence-corrected chi connectivity index (χ1v) is 7.48. The third-order valence-corrected chi connectivity index (χ3v) is 3.29. The Balaban J connectivity index is 1.89. The number of benzene rings is 2. The van der Waals surface area contributed by atoms with Crippen LogP contribution in [0.5, 0.6) is 0 Å². The predicted molar refractivity (Wildman–Crippen MR) is 97.9 cm³/mol. The zero-order valence-electron chi connectivity index (χ0n) is 13.0. The topological polar surface area (TPSA) is 89.6 Å². The lowest BCUT2D eigenvalue weighted by atomic mass is 10.2. The summed E-state index contributed by atoms with van der Waals surface area (Å²) in [6.07, 6.45) is 0. The van der Waals surface area contributed by atoms with E-state index in [2.05, 4.69) is 15.0 Å². The average Bonchev–Trinajstić information content (AvgIpc) is 2.63. The maximum atomic E-state index is 6.06. The second kappa shape index (κ2) is 7.19. The molecule has 0 saturated heterocycles. The predicted octanol–water partition coefficient (Wildman–Crippen LogP) is 3.16. The number of aliphatic imine (C=N–C) groups is 2. The normalized spacial score (nSPS) is 12.2. The van der Waals surface area contributed by atoms with E-state index in [4.69, 9.17) is 11.5 Å². The van der Waals surface area contributed by atoms with Gasteiger partial charge in [0.15, 0.2) is 0 Å². The minimum absolute atomic E-state index is 0.329. The van der Waals surface area contributed by atoms with Crippen LogP contribution in [0.2, 0.25) is 0 Å². The van der Waals surface area contributed by atoms with Gasteiger partial charge in [0.05, 0.1) is 11.4 Å². The third kappa shape index (κ3) is 3.84. The summed E-state index contributed by atoms with van der Waals surface area (Å²) >= 11 is 0. The molecule has 2 aromatic carbocycles. The monoisotopic (exact) mass is 315 g/mol. The molecule has 0 bridgehead atoms. The maximum absolute atomic E-state index is 6.06. The number of hydrogen-bond acceptors (Lipinski definition) is 3. The number of para-hydroxylation sites is 2. The number of nitrogens with zero attached hydrogens (tertiary/aromatic N) is 3. The van der Waals surface area contributed by atoms with Crippen molar-refractivity contribution in [3.05, 3.63) is 90.3 Å². The van der Waals surface area contributed by atoms with Crippen LogP contribution in [0, 0.1) is 0 Å². The molecule has 1 aromatic heterocycles. The molecule has 0 fully saturated rings. The molecule has 24 heavy (non-hydrogen) atoms. The zero-order chi connectivity index (χ0) is 16.8. The summed E-state index contributed by atoms with van der Waals surface area (Å²) in [6, 6.07) is 24.4. The summed E-state index contributed by atoms with van der Waals surface area (Å²) in [6.45, 7) is 0. The summed E-state index contributed by atoms with van der Waals surface area (Å²) in [5.74, 6) is 0.658. The van der Waals surface area contributed by atoms with Crippen LogP contribution in [0.1, 0.15) is 11.4 Å². The first-order chi connectivity index (χ1) is 11.7. The van der Waals surface area contributed by atoms with Gasteiger partial charge in [0.2, 0.25) is 0 Å². The highest BCUT2D eigenvalue weighted by molar-refractivity contribution is 6.01. The van der Waals surface area contributed by atoms with Crippen molar-refractivity contribution in [1.82, 2.24) is 4.98 Å². The number of amidine groups is 2. The molecule has 0 atom stereocenters. The van der Waals surface area contributed by atoms with Gasteiger partial charge in [-0.05, 0) is 36.4 Å². The smallest absolute Gasteiger partial charge is 0.150 e.